The van der Waals surface area contributed by atoms with Gasteiger partial charge in [-0.15, -0.1) is 0 Å². The van der Waals surface area contributed by atoms with Gasteiger partial charge in [0.15, 0.2) is 0 Å². The summed E-state index contributed by atoms with van der Waals surface area (Å²) in [5.41, 5.74) is 3.39. The van der Waals surface area contributed by atoms with Crippen LogP contribution in [-0.2, 0) is 13.0 Å². The van der Waals surface area contributed by atoms with Gasteiger partial charge in [-0.05, 0) is 54.7 Å². The summed E-state index contributed by atoms with van der Waals surface area (Å²) in [4.78, 5) is 26.7. The van der Waals surface area contributed by atoms with E-state index in [4.69, 9.17) is 0 Å². The molecule has 4 rings (SSSR count). The summed E-state index contributed by atoms with van der Waals surface area (Å²) in [6.07, 6.45) is 1.05. The van der Waals surface area contributed by atoms with Crippen LogP contribution < -0.4 is 10.6 Å². The molecule has 7 nitrogen and oxygen atoms in total. The van der Waals surface area contributed by atoms with E-state index >= 15 is 0 Å². The van der Waals surface area contributed by atoms with Gasteiger partial charge >= 0.3 is 0 Å². The Morgan fingerprint density at radius 3 is 2.55 bits per heavy atom. The number of β-amino-alcohol motifs (C(OH)–C–C–N with tert-alkyl or cyclic N) is 1. The van der Waals surface area contributed by atoms with Crippen molar-refractivity contribution in [3.05, 3.63) is 70.8 Å². The van der Waals surface area contributed by atoms with Crippen molar-refractivity contribution >= 4 is 11.8 Å². The third kappa shape index (κ3) is 5.12. The first-order chi connectivity index (χ1) is 15.0. The Hall–Kier alpha value is -2.74. The molecule has 0 bridgehead atoms. The van der Waals surface area contributed by atoms with Gasteiger partial charge < -0.3 is 25.7 Å². The Kier molecular flexibility index (Phi) is 6.65. The average molecular weight is 424 g/mol. The van der Waals surface area contributed by atoms with Crippen molar-refractivity contribution < 1.29 is 19.8 Å². The zero-order valence-electron chi connectivity index (χ0n) is 17.5. The number of hydrogen-bond acceptors (Lipinski definition) is 5. The SMILES string of the molecule is O=C(NCC(O)C1Cc2ccccc2CN1)c1ccc(C(=O)N2CCCC(O)C2)cc1. The van der Waals surface area contributed by atoms with Gasteiger partial charge in [-0.2, -0.15) is 0 Å². The summed E-state index contributed by atoms with van der Waals surface area (Å²) >= 11 is 0. The first-order valence-corrected chi connectivity index (χ1v) is 10.8. The number of benzene rings is 2. The summed E-state index contributed by atoms with van der Waals surface area (Å²) in [5, 5.41) is 26.4. The van der Waals surface area contributed by atoms with Gasteiger partial charge in [0.2, 0.25) is 0 Å². The highest BCUT2D eigenvalue weighted by molar-refractivity contribution is 5.97. The number of hydrogen-bond donors (Lipinski definition) is 4. The standard InChI is InChI=1S/C24H29N3O4/c28-20-6-3-11-27(15-20)24(31)17-9-7-16(8-10-17)23(30)26-14-22(29)21-12-18-4-1-2-5-19(18)13-25-21/h1-2,4-5,7-10,20-22,25,28-29H,3,6,11-15H2,(H,26,30). The van der Waals surface area contributed by atoms with Crippen molar-refractivity contribution in [1.29, 1.82) is 0 Å². The van der Waals surface area contributed by atoms with E-state index in [0.29, 0.717) is 30.8 Å². The molecule has 7 heteroatoms. The molecular weight excluding hydrogens is 394 g/mol. The molecule has 164 valence electrons. The second-order valence-electron chi connectivity index (χ2n) is 8.36. The van der Waals surface area contributed by atoms with Crippen molar-refractivity contribution in [3.8, 4) is 0 Å². The number of likely N-dealkylation sites (tertiary alicyclic amines) is 1. The van der Waals surface area contributed by atoms with Crippen LogP contribution in [0.3, 0.4) is 0 Å². The minimum atomic E-state index is -0.705. The molecule has 2 heterocycles. The predicted molar refractivity (Wildman–Crippen MR) is 117 cm³/mol. The molecular formula is C24H29N3O4. The van der Waals surface area contributed by atoms with Crippen LogP contribution in [0.4, 0.5) is 0 Å². The third-order valence-corrected chi connectivity index (χ3v) is 6.13. The van der Waals surface area contributed by atoms with Crippen LogP contribution in [0.5, 0.6) is 0 Å². The smallest absolute Gasteiger partial charge is 0.253 e. The molecule has 0 radical (unpaired) electrons. The summed E-state index contributed by atoms with van der Waals surface area (Å²) < 4.78 is 0. The second kappa shape index (κ2) is 9.60. The molecule has 0 spiro atoms. The van der Waals surface area contributed by atoms with Crippen molar-refractivity contribution in [2.24, 2.45) is 0 Å². The van der Waals surface area contributed by atoms with Crippen LogP contribution in [0.2, 0.25) is 0 Å². The topological polar surface area (TPSA) is 102 Å². The Morgan fingerprint density at radius 1 is 1.10 bits per heavy atom. The number of aliphatic hydroxyl groups excluding tert-OH is 2. The van der Waals surface area contributed by atoms with Gasteiger partial charge in [-0.25, -0.2) is 0 Å². The van der Waals surface area contributed by atoms with Crippen molar-refractivity contribution in [2.45, 2.75) is 44.1 Å². The van der Waals surface area contributed by atoms with Gasteiger partial charge in [0.05, 0.1) is 12.2 Å². The van der Waals surface area contributed by atoms with Crippen molar-refractivity contribution in [1.82, 2.24) is 15.5 Å². The Bertz CT molecular complexity index is 931. The lowest BCUT2D eigenvalue weighted by Crippen LogP contribution is -2.49. The van der Waals surface area contributed by atoms with Crippen LogP contribution in [0.15, 0.2) is 48.5 Å². The lowest BCUT2D eigenvalue weighted by molar-refractivity contribution is 0.0473. The largest absolute Gasteiger partial charge is 0.391 e. The van der Waals surface area contributed by atoms with E-state index in [0.717, 1.165) is 19.3 Å². The van der Waals surface area contributed by atoms with Crippen molar-refractivity contribution in [3.63, 3.8) is 0 Å². The van der Waals surface area contributed by atoms with Gasteiger partial charge in [0, 0.05) is 43.3 Å². The number of rotatable bonds is 5. The molecule has 0 saturated carbocycles. The number of carbonyl (C=O) groups is 2. The quantitative estimate of drug-likeness (QED) is 0.577. The fraction of sp³-hybridized carbons (Fsp3) is 0.417. The first-order valence-electron chi connectivity index (χ1n) is 10.8. The molecule has 2 amide bonds. The average Bonchev–Trinajstić information content (AvgIpc) is 2.81. The van der Waals surface area contributed by atoms with Gasteiger partial charge in [-0.3, -0.25) is 9.59 Å². The predicted octanol–water partition coefficient (Wildman–Crippen LogP) is 1.09. The highest BCUT2D eigenvalue weighted by Crippen LogP contribution is 2.18. The molecule has 1 fully saturated rings. The monoisotopic (exact) mass is 423 g/mol. The van der Waals surface area contributed by atoms with E-state index in [2.05, 4.69) is 22.8 Å². The van der Waals surface area contributed by atoms with E-state index < -0.39 is 12.2 Å². The molecule has 0 aromatic heterocycles. The molecule has 3 atom stereocenters. The van der Waals surface area contributed by atoms with Crippen LogP contribution in [0, 0.1) is 0 Å². The number of nitrogens with zero attached hydrogens (tertiary/aromatic N) is 1. The Morgan fingerprint density at radius 2 is 1.81 bits per heavy atom. The van der Waals surface area contributed by atoms with Crippen LogP contribution in [0.25, 0.3) is 0 Å². The molecule has 4 N–H and O–H groups in total. The molecule has 2 aliphatic rings. The molecule has 0 aliphatic carbocycles. The van der Waals surface area contributed by atoms with Gasteiger partial charge in [-0.1, -0.05) is 24.3 Å². The fourth-order valence-corrected chi connectivity index (χ4v) is 4.28. The minimum Gasteiger partial charge on any atom is -0.391 e. The number of aliphatic hydroxyl groups is 2. The fourth-order valence-electron chi connectivity index (χ4n) is 4.28. The third-order valence-electron chi connectivity index (χ3n) is 6.13. The lowest BCUT2D eigenvalue weighted by atomic mass is 9.93. The first kappa shape index (κ1) is 21.5. The highest BCUT2D eigenvalue weighted by Gasteiger charge is 2.25. The molecule has 31 heavy (non-hydrogen) atoms. The molecule has 2 aliphatic heterocycles. The number of nitrogens with one attached hydrogen (secondary N) is 2. The van der Waals surface area contributed by atoms with Crippen molar-refractivity contribution in [2.75, 3.05) is 19.6 Å². The highest BCUT2D eigenvalue weighted by atomic mass is 16.3. The summed E-state index contributed by atoms with van der Waals surface area (Å²) in [7, 11) is 0. The number of carbonyl (C=O) groups excluding carboxylic acids is 2. The summed E-state index contributed by atoms with van der Waals surface area (Å²) in [6, 6.07) is 14.5. The molecule has 3 unspecified atom stereocenters. The summed E-state index contributed by atoms with van der Waals surface area (Å²) in [6.45, 7) is 1.83. The number of fused-ring (bicyclic) bond motifs is 1. The number of piperidine rings is 1. The zero-order chi connectivity index (χ0) is 21.8. The van der Waals surface area contributed by atoms with E-state index in [9.17, 15) is 19.8 Å². The maximum absolute atomic E-state index is 12.6. The normalized spacial score (nSPS) is 21.8. The number of amides is 2. The van der Waals surface area contributed by atoms with Gasteiger partial charge in [0.25, 0.3) is 11.8 Å². The van der Waals surface area contributed by atoms with E-state index in [1.807, 2.05) is 12.1 Å². The van der Waals surface area contributed by atoms with E-state index in [1.54, 1.807) is 29.2 Å². The molecule has 2 aromatic rings. The Balaban J connectivity index is 1.29. The van der Waals surface area contributed by atoms with E-state index in [-0.39, 0.29) is 24.4 Å². The summed E-state index contributed by atoms with van der Waals surface area (Å²) in [5.74, 6) is -0.424. The van der Waals surface area contributed by atoms with Crippen LogP contribution >= 0.6 is 0 Å². The molecule has 2 aromatic carbocycles. The Labute approximate surface area is 182 Å². The zero-order valence-corrected chi connectivity index (χ0v) is 17.5. The van der Waals surface area contributed by atoms with Gasteiger partial charge in [0.1, 0.15) is 0 Å². The maximum atomic E-state index is 12.6. The maximum Gasteiger partial charge on any atom is 0.253 e. The van der Waals surface area contributed by atoms with E-state index in [1.165, 1.54) is 11.1 Å². The van der Waals surface area contributed by atoms with Crippen LogP contribution in [0.1, 0.15) is 44.7 Å². The minimum absolute atomic E-state index is 0.116. The lowest BCUT2D eigenvalue weighted by Gasteiger charge is -2.30. The second-order valence-corrected chi connectivity index (χ2v) is 8.36. The van der Waals surface area contributed by atoms with Crippen LogP contribution in [-0.4, -0.2) is 64.8 Å². The molecule has 1 saturated heterocycles.